The third-order valence-electron chi connectivity index (χ3n) is 5.61. The first kappa shape index (κ1) is 23.0. The summed E-state index contributed by atoms with van der Waals surface area (Å²) >= 11 is 0. The maximum Gasteiger partial charge on any atom is 0.401 e. The van der Waals surface area contributed by atoms with Gasteiger partial charge in [0.1, 0.15) is 11.5 Å². The first-order valence-corrected chi connectivity index (χ1v) is 10.7. The topological polar surface area (TPSA) is 41.4 Å². The van der Waals surface area contributed by atoms with Gasteiger partial charge in [-0.25, -0.2) is 9.07 Å². The highest BCUT2D eigenvalue weighted by atomic mass is 19.4. The summed E-state index contributed by atoms with van der Waals surface area (Å²) in [7, 11) is 0. The Bertz CT molecular complexity index is 1120. The molecule has 33 heavy (non-hydrogen) atoms. The molecule has 1 aromatic heterocycles. The van der Waals surface area contributed by atoms with Crippen LogP contribution in [0.25, 0.3) is 16.9 Å². The van der Waals surface area contributed by atoms with Gasteiger partial charge in [-0.15, -0.1) is 0 Å². The van der Waals surface area contributed by atoms with Gasteiger partial charge in [-0.1, -0.05) is 23.8 Å². The lowest BCUT2D eigenvalue weighted by atomic mass is 10.0. The first-order valence-electron chi connectivity index (χ1n) is 10.7. The number of aryl methyl sites for hydroxylation is 1. The van der Waals surface area contributed by atoms with E-state index in [1.54, 1.807) is 23.2 Å². The van der Waals surface area contributed by atoms with Crippen LogP contribution in [0.1, 0.15) is 22.3 Å². The zero-order valence-electron chi connectivity index (χ0n) is 18.1. The quantitative estimate of drug-likeness (QED) is 0.530. The van der Waals surface area contributed by atoms with Gasteiger partial charge in [0.2, 0.25) is 0 Å². The average molecular weight is 460 g/mol. The van der Waals surface area contributed by atoms with Crippen molar-refractivity contribution in [2.24, 2.45) is 0 Å². The number of halogens is 4. The Morgan fingerprint density at radius 2 is 1.79 bits per heavy atom. The van der Waals surface area contributed by atoms with Crippen molar-refractivity contribution >= 4 is 5.91 Å². The van der Waals surface area contributed by atoms with Crippen LogP contribution in [0.5, 0.6) is 0 Å². The van der Waals surface area contributed by atoms with Crippen molar-refractivity contribution in [3.05, 3.63) is 71.7 Å². The lowest BCUT2D eigenvalue weighted by molar-refractivity contribution is -0.145. The standard InChI is InChI=1S/C24H24F4N4O/c1-17-4-2-5-18(14-17)22-21(15-32(29-22)20-8-6-19(25)7-9-20)23(33)31-11-3-10-30(12-13-31)16-24(26,27)28/h2,4-9,14-15H,3,10-13,16H2,1H3. The van der Waals surface area contributed by atoms with Gasteiger partial charge in [0.15, 0.2) is 0 Å². The van der Waals surface area contributed by atoms with E-state index in [9.17, 15) is 22.4 Å². The van der Waals surface area contributed by atoms with E-state index in [1.807, 2.05) is 31.2 Å². The van der Waals surface area contributed by atoms with Gasteiger partial charge in [0, 0.05) is 37.9 Å². The van der Waals surface area contributed by atoms with Crippen molar-refractivity contribution in [2.75, 3.05) is 32.7 Å². The molecule has 4 rings (SSSR count). The molecule has 2 heterocycles. The normalized spacial score (nSPS) is 15.5. The Hall–Kier alpha value is -3.20. The number of carbonyl (C=O) groups is 1. The van der Waals surface area contributed by atoms with E-state index in [0.717, 1.165) is 11.1 Å². The van der Waals surface area contributed by atoms with Crippen LogP contribution in [-0.4, -0.2) is 64.4 Å². The number of carbonyl (C=O) groups excluding carboxylic acids is 1. The van der Waals surface area contributed by atoms with Gasteiger partial charge in [0.25, 0.3) is 5.91 Å². The zero-order valence-corrected chi connectivity index (χ0v) is 18.1. The summed E-state index contributed by atoms with van der Waals surface area (Å²) in [6.07, 6.45) is -2.22. The third-order valence-corrected chi connectivity index (χ3v) is 5.61. The van der Waals surface area contributed by atoms with Gasteiger partial charge in [-0.3, -0.25) is 9.69 Å². The second-order valence-electron chi connectivity index (χ2n) is 8.22. The highest BCUT2D eigenvalue weighted by molar-refractivity contribution is 6.00. The summed E-state index contributed by atoms with van der Waals surface area (Å²) in [6.45, 7) is 1.95. The Balaban J connectivity index is 1.65. The molecule has 2 aromatic carbocycles. The van der Waals surface area contributed by atoms with Crippen molar-refractivity contribution in [3.8, 4) is 16.9 Å². The minimum Gasteiger partial charge on any atom is -0.337 e. The fourth-order valence-corrected chi connectivity index (χ4v) is 4.02. The van der Waals surface area contributed by atoms with Crippen LogP contribution in [0.15, 0.2) is 54.7 Å². The van der Waals surface area contributed by atoms with Crippen LogP contribution in [0.3, 0.4) is 0 Å². The molecular formula is C24H24F4N4O. The number of aromatic nitrogens is 2. The molecule has 1 aliphatic rings. The van der Waals surface area contributed by atoms with Crippen molar-refractivity contribution in [1.82, 2.24) is 19.6 Å². The van der Waals surface area contributed by atoms with E-state index in [1.165, 1.54) is 21.7 Å². The van der Waals surface area contributed by atoms with E-state index >= 15 is 0 Å². The molecule has 1 aliphatic heterocycles. The maximum absolute atomic E-state index is 13.5. The molecule has 0 N–H and O–H groups in total. The number of hydrogen-bond donors (Lipinski definition) is 0. The predicted molar refractivity (Wildman–Crippen MR) is 117 cm³/mol. The highest BCUT2D eigenvalue weighted by Crippen LogP contribution is 2.27. The molecule has 0 radical (unpaired) electrons. The number of alkyl halides is 3. The monoisotopic (exact) mass is 460 g/mol. The van der Waals surface area contributed by atoms with Gasteiger partial charge >= 0.3 is 6.18 Å². The van der Waals surface area contributed by atoms with Crippen LogP contribution < -0.4 is 0 Å². The van der Waals surface area contributed by atoms with Crippen LogP contribution in [0.2, 0.25) is 0 Å². The number of rotatable bonds is 4. The lowest BCUT2D eigenvalue weighted by Crippen LogP contribution is -2.38. The van der Waals surface area contributed by atoms with Gasteiger partial charge in [-0.05, 0) is 43.7 Å². The fraction of sp³-hybridized carbons (Fsp3) is 0.333. The highest BCUT2D eigenvalue weighted by Gasteiger charge is 2.32. The first-order chi connectivity index (χ1) is 15.7. The second-order valence-corrected chi connectivity index (χ2v) is 8.22. The summed E-state index contributed by atoms with van der Waals surface area (Å²) in [5.74, 6) is -0.664. The Labute approximate surface area is 189 Å². The number of amides is 1. The molecule has 0 saturated carbocycles. The van der Waals surface area contributed by atoms with E-state index in [0.29, 0.717) is 29.9 Å². The lowest BCUT2D eigenvalue weighted by Gasteiger charge is -2.22. The van der Waals surface area contributed by atoms with E-state index < -0.39 is 12.7 Å². The largest absolute Gasteiger partial charge is 0.401 e. The molecular weight excluding hydrogens is 436 g/mol. The fourth-order valence-electron chi connectivity index (χ4n) is 4.02. The smallest absolute Gasteiger partial charge is 0.337 e. The van der Waals surface area contributed by atoms with Crippen LogP contribution in [-0.2, 0) is 0 Å². The summed E-state index contributed by atoms with van der Waals surface area (Å²) in [5, 5.41) is 4.61. The molecule has 174 valence electrons. The molecule has 0 atom stereocenters. The van der Waals surface area contributed by atoms with E-state index in [2.05, 4.69) is 5.10 Å². The molecule has 0 aliphatic carbocycles. The van der Waals surface area contributed by atoms with Crippen molar-refractivity contribution in [2.45, 2.75) is 19.5 Å². The number of benzene rings is 2. The molecule has 0 unspecified atom stereocenters. The van der Waals surface area contributed by atoms with Gasteiger partial charge in [0.05, 0.1) is 17.8 Å². The van der Waals surface area contributed by atoms with E-state index in [4.69, 9.17) is 0 Å². The Kier molecular flexibility index (Phi) is 6.51. The Morgan fingerprint density at radius 3 is 2.48 bits per heavy atom. The predicted octanol–water partition coefficient (Wildman–Crippen LogP) is 4.70. The zero-order chi connectivity index (χ0) is 23.6. The third kappa shape index (κ3) is 5.60. The molecule has 3 aromatic rings. The molecule has 0 bridgehead atoms. The van der Waals surface area contributed by atoms with Crippen LogP contribution in [0, 0.1) is 12.7 Å². The Morgan fingerprint density at radius 1 is 1.03 bits per heavy atom. The SMILES string of the molecule is Cc1cccc(-c2nn(-c3ccc(F)cc3)cc2C(=O)N2CCCN(CC(F)(F)F)CC2)c1. The number of hydrogen-bond acceptors (Lipinski definition) is 3. The molecule has 1 amide bonds. The molecule has 1 fully saturated rings. The van der Waals surface area contributed by atoms with Gasteiger partial charge < -0.3 is 4.90 Å². The van der Waals surface area contributed by atoms with Gasteiger partial charge in [-0.2, -0.15) is 18.3 Å². The summed E-state index contributed by atoms with van der Waals surface area (Å²) in [6, 6.07) is 13.3. The average Bonchev–Trinajstić information content (AvgIpc) is 3.08. The van der Waals surface area contributed by atoms with Crippen molar-refractivity contribution in [3.63, 3.8) is 0 Å². The van der Waals surface area contributed by atoms with Crippen LogP contribution >= 0.6 is 0 Å². The minimum absolute atomic E-state index is 0.150. The second kappa shape index (κ2) is 9.35. The molecule has 0 spiro atoms. The molecule has 5 nitrogen and oxygen atoms in total. The van der Waals surface area contributed by atoms with Crippen LogP contribution in [0.4, 0.5) is 17.6 Å². The summed E-state index contributed by atoms with van der Waals surface area (Å²) < 4.78 is 53.3. The summed E-state index contributed by atoms with van der Waals surface area (Å²) in [4.78, 5) is 16.4. The summed E-state index contributed by atoms with van der Waals surface area (Å²) in [5.41, 5.74) is 3.18. The van der Waals surface area contributed by atoms with E-state index in [-0.39, 0.29) is 31.4 Å². The molecule has 9 heteroatoms. The van der Waals surface area contributed by atoms with Crippen molar-refractivity contribution in [1.29, 1.82) is 0 Å². The minimum atomic E-state index is -4.27. The number of nitrogens with zero attached hydrogens (tertiary/aromatic N) is 4. The van der Waals surface area contributed by atoms with Crippen molar-refractivity contribution < 1.29 is 22.4 Å². The maximum atomic E-state index is 13.5. The molecule has 1 saturated heterocycles.